The van der Waals surface area contributed by atoms with Crippen molar-refractivity contribution in [1.82, 2.24) is 10.6 Å². The lowest BCUT2D eigenvalue weighted by Crippen LogP contribution is -2.48. The van der Waals surface area contributed by atoms with Gasteiger partial charge in [-0.1, -0.05) is 19.8 Å². The van der Waals surface area contributed by atoms with Crippen LogP contribution in [0.15, 0.2) is 6.07 Å². The third kappa shape index (κ3) is 5.06. The SMILES string of the molecule is Cc1cc(C(=O)OCC(=O)NC(=O)N[C@@H]2CCCC[C@H]2C)c(C)s1. The molecule has 7 heteroatoms. The number of amides is 3. The molecule has 1 aliphatic rings. The number of ether oxygens (including phenoxy) is 1. The summed E-state index contributed by atoms with van der Waals surface area (Å²) in [5, 5.41) is 5.03. The highest BCUT2D eigenvalue weighted by Gasteiger charge is 2.23. The van der Waals surface area contributed by atoms with Gasteiger partial charge < -0.3 is 10.1 Å². The molecule has 24 heavy (non-hydrogen) atoms. The second-order valence-electron chi connectivity index (χ2n) is 6.29. The van der Waals surface area contributed by atoms with Crippen LogP contribution >= 0.6 is 11.3 Å². The summed E-state index contributed by atoms with van der Waals surface area (Å²) in [4.78, 5) is 37.4. The lowest BCUT2D eigenvalue weighted by Gasteiger charge is -2.29. The molecule has 0 aromatic carbocycles. The quantitative estimate of drug-likeness (QED) is 0.816. The largest absolute Gasteiger partial charge is 0.452 e. The zero-order valence-electron chi connectivity index (χ0n) is 14.3. The predicted octanol–water partition coefficient (Wildman–Crippen LogP) is 2.93. The molecule has 0 bridgehead atoms. The Morgan fingerprint density at radius 3 is 2.58 bits per heavy atom. The molecule has 1 fully saturated rings. The molecule has 1 aromatic heterocycles. The van der Waals surface area contributed by atoms with Gasteiger partial charge in [-0.05, 0) is 38.7 Å². The predicted molar refractivity (Wildman–Crippen MR) is 92.2 cm³/mol. The standard InChI is InChI=1S/C17H24N2O4S/c1-10-6-4-5-7-14(10)18-17(22)19-15(20)9-23-16(21)13-8-11(2)24-12(13)3/h8,10,14H,4-7,9H2,1-3H3,(H2,18,19,20,22)/t10-,14-/m1/s1. The molecule has 0 unspecified atom stereocenters. The van der Waals surface area contributed by atoms with E-state index in [1.165, 1.54) is 17.8 Å². The van der Waals surface area contributed by atoms with E-state index >= 15 is 0 Å². The minimum Gasteiger partial charge on any atom is -0.452 e. The van der Waals surface area contributed by atoms with Crippen LogP contribution in [0, 0.1) is 19.8 Å². The molecule has 1 aromatic rings. The summed E-state index contributed by atoms with van der Waals surface area (Å²) in [6.45, 7) is 5.35. The van der Waals surface area contributed by atoms with Crippen LogP contribution in [0.25, 0.3) is 0 Å². The molecule has 1 heterocycles. The molecule has 2 N–H and O–H groups in total. The lowest BCUT2D eigenvalue weighted by atomic mass is 9.86. The molecular formula is C17H24N2O4S. The average molecular weight is 352 g/mol. The van der Waals surface area contributed by atoms with Crippen molar-refractivity contribution in [3.63, 3.8) is 0 Å². The maximum atomic E-state index is 11.9. The van der Waals surface area contributed by atoms with Gasteiger partial charge in [0, 0.05) is 15.8 Å². The minimum atomic E-state index is -0.631. The third-order valence-corrected chi connectivity index (χ3v) is 5.24. The van der Waals surface area contributed by atoms with Gasteiger partial charge in [-0.3, -0.25) is 10.1 Å². The van der Waals surface area contributed by atoms with E-state index in [9.17, 15) is 14.4 Å². The normalized spacial score (nSPS) is 20.3. The second-order valence-corrected chi connectivity index (χ2v) is 7.75. The average Bonchev–Trinajstić information content (AvgIpc) is 2.86. The first kappa shape index (κ1) is 18.4. The molecule has 132 valence electrons. The van der Waals surface area contributed by atoms with E-state index in [1.807, 2.05) is 13.8 Å². The number of imide groups is 1. The van der Waals surface area contributed by atoms with E-state index in [-0.39, 0.29) is 6.04 Å². The topological polar surface area (TPSA) is 84.5 Å². The zero-order chi connectivity index (χ0) is 17.7. The number of hydrogen-bond donors (Lipinski definition) is 2. The third-order valence-electron chi connectivity index (χ3n) is 4.28. The minimum absolute atomic E-state index is 0.0885. The number of esters is 1. The molecular weight excluding hydrogens is 328 g/mol. The lowest BCUT2D eigenvalue weighted by molar-refractivity contribution is -0.123. The summed E-state index contributed by atoms with van der Waals surface area (Å²) < 4.78 is 4.97. The van der Waals surface area contributed by atoms with Crippen molar-refractivity contribution in [3.8, 4) is 0 Å². The fourth-order valence-electron chi connectivity index (χ4n) is 2.94. The van der Waals surface area contributed by atoms with Crippen LogP contribution in [0.4, 0.5) is 4.79 Å². The highest BCUT2D eigenvalue weighted by Crippen LogP contribution is 2.23. The van der Waals surface area contributed by atoms with Crippen LogP contribution in [-0.2, 0) is 9.53 Å². The number of carbonyl (C=O) groups is 3. The Morgan fingerprint density at radius 2 is 1.96 bits per heavy atom. The summed E-state index contributed by atoms with van der Waals surface area (Å²) in [5.74, 6) is -0.774. The number of thiophene rings is 1. The Kier molecular flexibility index (Phi) is 6.36. The summed E-state index contributed by atoms with van der Waals surface area (Å²) >= 11 is 1.50. The van der Waals surface area contributed by atoms with Crippen molar-refractivity contribution >= 4 is 29.2 Å². The highest BCUT2D eigenvalue weighted by atomic mass is 32.1. The first-order valence-electron chi connectivity index (χ1n) is 8.21. The highest BCUT2D eigenvalue weighted by molar-refractivity contribution is 7.12. The van der Waals surface area contributed by atoms with Gasteiger partial charge in [0.2, 0.25) is 0 Å². The van der Waals surface area contributed by atoms with E-state index in [0.717, 1.165) is 29.0 Å². The molecule has 0 aliphatic heterocycles. The molecule has 6 nitrogen and oxygen atoms in total. The van der Waals surface area contributed by atoms with Gasteiger partial charge in [-0.2, -0.15) is 0 Å². The van der Waals surface area contributed by atoms with E-state index in [2.05, 4.69) is 17.6 Å². The Morgan fingerprint density at radius 1 is 1.25 bits per heavy atom. The van der Waals surface area contributed by atoms with Gasteiger partial charge in [-0.15, -0.1) is 11.3 Å². The number of nitrogens with one attached hydrogen (secondary N) is 2. The monoisotopic (exact) mass is 352 g/mol. The molecule has 2 atom stereocenters. The van der Waals surface area contributed by atoms with Crippen LogP contribution < -0.4 is 10.6 Å². The van der Waals surface area contributed by atoms with E-state index in [1.54, 1.807) is 6.07 Å². The van der Waals surface area contributed by atoms with Crippen molar-refractivity contribution in [2.75, 3.05) is 6.61 Å². The Hall–Kier alpha value is -1.89. The van der Waals surface area contributed by atoms with Crippen LogP contribution in [0.3, 0.4) is 0 Å². The second kappa shape index (κ2) is 8.28. The van der Waals surface area contributed by atoms with Crippen molar-refractivity contribution in [2.24, 2.45) is 5.92 Å². The van der Waals surface area contributed by atoms with Crippen molar-refractivity contribution < 1.29 is 19.1 Å². The van der Waals surface area contributed by atoms with E-state index in [0.29, 0.717) is 11.5 Å². The van der Waals surface area contributed by atoms with Crippen molar-refractivity contribution in [2.45, 2.75) is 52.5 Å². The summed E-state index contributed by atoms with van der Waals surface area (Å²) in [6, 6.07) is 1.29. The number of aryl methyl sites for hydroxylation is 2. The molecule has 1 aliphatic carbocycles. The van der Waals surface area contributed by atoms with Gasteiger partial charge in [0.1, 0.15) is 0 Å². The van der Waals surface area contributed by atoms with Gasteiger partial charge in [0.15, 0.2) is 6.61 Å². The summed E-state index contributed by atoms with van der Waals surface area (Å²) in [7, 11) is 0. The van der Waals surface area contributed by atoms with Crippen LogP contribution in [0.2, 0.25) is 0 Å². The van der Waals surface area contributed by atoms with Gasteiger partial charge in [0.05, 0.1) is 5.56 Å². The number of rotatable bonds is 4. The van der Waals surface area contributed by atoms with Gasteiger partial charge in [-0.25, -0.2) is 9.59 Å². The molecule has 0 saturated heterocycles. The molecule has 0 spiro atoms. The first-order chi connectivity index (χ1) is 11.4. The fourth-order valence-corrected chi connectivity index (χ4v) is 3.85. The molecule has 3 amide bonds. The van der Waals surface area contributed by atoms with Crippen LogP contribution in [0.1, 0.15) is 52.7 Å². The van der Waals surface area contributed by atoms with Crippen molar-refractivity contribution in [1.29, 1.82) is 0 Å². The van der Waals surface area contributed by atoms with Gasteiger partial charge >= 0.3 is 12.0 Å². The smallest absolute Gasteiger partial charge is 0.339 e. The fraction of sp³-hybridized carbons (Fsp3) is 0.588. The molecule has 0 radical (unpaired) electrons. The summed E-state index contributed by atoms with van der Waals surface area (Å²) in [5.41, 5.74) is 0.464. The van der Waals surface area contributed by atoms with Gasteiger partial charge in [0.25, 0.3) is 5.91 Å². The van der Waals surface area contributed by atoms with Crippen molar-refractivity contribution in [3.05, 3.63) is 21.4 Å². The Bertz CT molecular complexity index is 626. The number of urea groups is 1. The Balaban J connectivity index is 1.75. The maximum Gasteiger partial charge on any atom is 0.339 e. The zero-order valence-corrected chi connectivity index (χ0v) is 15.1. The maximum absolute atomic E-state index is 11.9. The van der Waals surface area contributed by atoms with Crippen LogP contribution in [-0.4, -0.2) is 30.6 Å². The molecule has 1 saturated carbocycles. The first-order valence-corrected chi connectivity index (χ1v) is 9.03. The summed E-state index contributed by atoms with van der Waals surface area (Å²) in [6.07, 6.45) is 4.27. The van der Waals surface area contributed by atoms with Crippen LogP contribution in [0.5, 0.6) is 0 Å². The number of carbonyl (C=O) groups excluding carboxylic acids is 3. The van der Waals surface area contributed by atoms with E-state index < -0.39 is 24.5 Å². The molecule has 2 rings (SSSR count). The van der Waals surface area contributed by atoms with E-state index in [4.69, 9.17) is 4.74 Å². The number of hydrogen-bond acceptors (Lipinski definition) is 5. The Labute approximate surface area is 146 Å².